The summed E-state index contributed by atoms with van der Waals surface area (Å²) in [6, 6.07) is 11.7. The van der Waals surface area contributed by atoms with Crippen LogP contribution in [0.1, 0.15) is 53.8 Å². The number of amides is 3. The van der Waals surface area contributed by atoms with Crippen LogP contribution in [-0.4, -0.2) is 46.7 Å². The summed E-state index contributed by atoms with van der Waals surface area (Å²) >= 11 is 6.28. The van der Waals surface area contributed by atoms with Crippen LogP contribution < -0.4 is 4.74 Å². The van der Waals surface area contributed by atoms with Gasteiger partial charge in [-0.05, 0) is 68.5 Å². The third kappa shape index (κ3) is 4.20. The number of carbonyl (C=O) groups excluding carboxylic acids is 4. The minimum absolute atomic E-state index is 0.113. The largest absolute Gasteiger partial charge is 0.497 e. The van der Waals surface area contributed by atoms with E-state index in [0.29, 0.717) is 30.1 Å². The van der Waals surface area contributed by atoms with Gasteiger partial charge in [-0.25, -0.2) is 5.01 Å². The van der Waals surface area contributed by atoms with Gasteiger partial charge in [0.2, 0.25) is 0 Å². The lowest BCUT2D eigenvalue weighted by Gasteiger charge is -2.35. The number of fused-ring (bicyclic) bond motifs is 1. The summed E-state index contributed by atoms with van der Waals surface area (Å²) in [4.78, 5) is 54.0. The van der Waals surface area contributed by atoms with E-state index in [1.165, 1.54) is 20.1 Å². The highest BCUT2D eigenvalue weighted by molar-refractivity contribution is 6.34. The zero-order valence-electron chi connectivity index (χ0n) is 19.4. The predicted octanol–water partition coefficient (Wildman–Crippen LogP) is 4.40. The molecule has 2 aromatic carbocycles. The van der Waals surface area contributed by atoms with Crippen molar-refractivity contribution in [2.75, 3.05) is 7.11 Å². The topological polar surface area (TPSA) is 84.0 Å². The average Bonchev–Trinajstić information content (AvgIpc) is 3.08. The van der Waals surface area contributed by atoms with Gasteiger partial charge in [-0.3, -0.25) is 19.2 Å². The van der Waals surface area contributed by atoms with Crippen LogP contribution in [0.4, 0.5) is 0 Å². The summed E-state index contributed by atoms with van der Waals surface area (Å²) in [5, 5.41) is 2.08. The Labute approximate surface area is 203 Å². The first-order valence-electron chi connectivity index (χ1n) is 11.4. The normalized spacial score (nSPS) is 22.8. The van der Waals surface area contributed by atoms with Crippen LogP contribution in [0.2, 0.25) is 5.02 Å². The lowest BCUT2D eigenvalue weighted by molar-refractivity contribution is -0.156. The highest BCUT2D eigenvalue weighted by Gasteiger charge is 2.54. The fourth-order valence-electron chi connectivity index (χ4n) is 4.89. The van der Waals surface area contributed by atoms with Crippen molar-refractivity contribution in [1.29, 1.82) is 0 Å². The number of ketones is 1. The molecule has 2 aromatic rings. The van der Waals surface area contributed by atoms with Crippen LogP contribution in [0, 0.1) is 17.8 Å². The first kappa shape index (κ1) is 24.0. The Kier molecular flexibility index (Phi) is 6.75. The molecule has 0 N–H and O–H groups in total. The number of benzene rings is 2. The second kappa shape index (κ2) is 9.58. The summed E-state index contributed by atoms with van der Waals surface area (Å²) < 4.78 is 5.15. The Morgan fingerprint density at radius 1 is 1.03 bits per heavy atom. The number of imide groups is 1. The van der Waals surface area contributed by atoms with Crippen molar-refractivity contribution in [2.45, 2.75) is 39.2 Å². The Morgan fingerprint density at radius 3 is 2.32 bits per heavy atom. The van der Waals surface area contributed by atoms with E-state index in [1.807, 2.05) is 0 Å². The summed E-state index contributed by atoms with van der Waals surface area (Å²) in [5.41, 5.74) is 0.442. The number of methoxy groups -OCH3 is 1. The van der Waals surface area contributed by atoms with Gasteiger partial charge in [-0.1, -0.05) is 30.7 Å². The number of hydrazine groups is 1. The molecule has 2 aliphatic rings. The summed E-state index contributed by atoms with van der Waals surface area (Å²) in [5.74, 6) is -2.02. The minimum Gasteiger partial charge on any atom is -0.497 e. The lowest BCUT2D eigenvalue weighted by atomic mass is 9.76. The molecule has 4 rings (SSSR count). The van der Waals surface area contributed by atoms with E-state index in [9.17, 15) is 19.2 Å². The van der Waals surface area contributed by atoms with Gasteiger partial charge in [0.15, 0.2) is 5.78 Å². The highest BCUT2D eigenvalue weighted by atomic mass is 35.5. The molecule has 1 heterocycles. The van der Waals surface area contributed by atoms with Gasteiger partial charge in [0.05, 0.1) is 29.5 Å². The van der Waals surface area contributed by atoms with Gasteiger partial charge < -0.3 is 4.74 Å². The van der Waals surface area contributed by atoms with Crippen molar-refractivity contribution >= 4 is 35.1 Å². The molecule has 8 heteroatoms. The van der Waals surface area contributed by atoms with Gasteiger partial charge >= 0.3 is 0 Å². The molecule has 1 aliphatic heterocycles. The van der Waals surface area contributed by atoms with Gasteiger partial charge in [0.1, 0.15) is 11.8 Å². The number of Topliss-reactive ketones (excluding diaryl/α,β-unsaturated/α-hetero) is 1. The summed E-state index contributed by atoms with van der Waals surface area (Å²) in [6.45, 7) is 3.57. The summed E-state index contributed by atoms with van der Waals surface area (Å²) in [7, 11) is 1.52. The molecule has 0 radical (unpaired) electrons. The zero-order valence-corrected chi connectivity index (χ0v) is 20.1. The fraction of sp³-hybridized carbons (Fsp3) is 0.385. The van der Waals surface area contributed by atoms with Crippen molar-refractivity contribution in [2.24, 2.45) is 17.8 Å². The number of hydrogen-bond donors (Lipinski definition) is 0. The molecule has 0 bridgehead atoms. The second-order valence-electron chi connectivity index (χ2n) is 9.02. The predicted molar refractivity (Wildman–Crippen MR) is 126 cm³/mol. The van der Waals surface area contributed by atoms with Crippen LogP contribution in [0.5, 0.6) is 5.75 Å². The van der Waals surface area contributed by atoms with Crippen LogP contribution >= 0.6 is 11.6 Å². The zero-order chi connectivity index (χ0) is 24.6. The Morgan fingerprint density at radius 2 is 1.68 bits per heavy atom. The minimum atomic E-state index is -1.12. The van der Waals surface area contributed by atoms with Gasteiger partial charge in [-0.2, -0.15) is 5.01 Å². The molecule has 1 saturated heterocycles. The molecule has 0 aromatic heterocycles. The first-order chi connectivity index (χ1) is 16.2. The van der Waals surface area contributed by atoms with Gasteiger partial charge in [0, 0.05) is 5.56 Å². The van der Waals surface area contributed by atoms with E-state index < -0.39 is 41.4 Å². The lowest BCUT2D eigenvalue weighted by Crippen LogP contribution is -2.56. The second-order valence-corrected chi connectivity index (χ2v) is 9.42. The van der Waals surface area contributed by atoms with Crippen molar-refractivity contribution in [3.05, 3.63) is 64.7 Å². The number of hydrogen-bond acceptors (Lipinski definition) is 5. The van der Waals surface area contributed by atoms with Crippen molar-refractivity contribution in [3.63, 3.8) is 0 Å². The third-order valence-electron chi connectivity index (χ3n) is 6.81. The molecular weight excluding hydrogens is 456 g/mol. The number of halogens is 1. The van der Waals surface area contributed by atoms with E-state index in [1.54, 1.807) is 42.5 Å². The Bertz CT molecular complexity index is 1130. The highest BCUT2D eigenvalue weighted by Crippen LogP contribution is 2.42. The fourth-order valence-corrected chi connectivity index (χ4v) is 5.11. The number of carbonyl (C=O) groups is 4. The molecule has 7 nitrogen and oxygen atoms in total. The number of nitrogens with zero attached hydrogens (tertiary/aromatic N) is 2. The smallest absolute Gasteiger partial charge is 0.275 e. The summed E-state index contributed by atoms with van der Waals surface area (Å²) in [6.07, 6.45) is 2.01. The van der Waals surface area contributed by atoms with Crippen LogP contribution in [0.15, 0.2) is 48.5 Å². The molecule has 3 amide bonds. The molecule has 178 valence electrons. The standard InChI is InChI=1S/C26H27ClN2O5/c1-15-8-13-19-21(14-15)26(33)29(24(19)31)28(25(32)20-6-4-5-7-22(20)27)16(2)23(30)17-9-11-18(34-3)12-10-17/h4-7,9-12,15-16,19,21H,8,13-14H2,1-3H3/t15-,16+,19-,21+/m1/s1. The molecule has 4 atom stereocenters. The molecule has 1 saturated carbocycles. The first-order valence-corrected chi connectivity index (χ1v) is 11.8. The van der Waals surface area contributed by atoms with Crippen molar-refractivity contribution in [1.82, 2.24) is 10.0 Å². The van der Waals surface area contributed by atoms with E-state index in [2.05, 4.69) is 6.92 Å². The van der Waals surface area contributed by atoms with Crippen LogP contribution in [0.25, 0.3) is 0 Å². The van der Waals surface area contributed by atoms with Crippen molar-refractivity contribution in [3.8, 4) is 5.75 Å². The van der Waals surface area contributed by atoms with Crippen molar-refractivity contribution < 1.29 is 23.9 Å². The maximum Gasteiger partial charge on any atom is 0.275 e. The number of ether oxygens (including phenoxy) is 1. The quantitative estimate of drug-likeness (QED) is 0.450. The maximum absolute atomic E-state index is 13.7. The molecule has 0 unspecified atom stereocenters. The van der Waals surface area contributed by atoms with E-state index in [0.717, 1.165) is 16.4 Å². The molecule has 1 aliphatic carbocycles. The molecule has 34 heavy (non-hydrogen) atoms. The Hall–Kier alpha value is -3.19. The molecule has 2 fully saturated rings. The Balaban J connectivity index is 1.75. The molecular formula is C26H27ClN2O5. The maximum atomic E-state index is 13.7. The monoisotopic (exact) mass is 482 g/mol. The van der Waals surface area contributed by atoms with E-state index >= 15 is 0 Å². The van der Waals surface area contributed by atoms with E-state index in [4.69, 9.17) is 16.3 Å². The third-order valence-corrected chi connectivity index (χ3v) is 7.14. The van der Waals surface area contributed by atoms with Crippen LogP contribution in [0.3, 0.4) is 0 Å². The van der Waals surface area contributed by atoms with Gasteiger partial charge in [0.25, 0.3) is 17.7 Å². The molecule has 0 spiro atoms. The average molecular weight is 483 g/mol. The van der Waals surface area contributed by atoms with Crippen LogP contribution in [-0.2, 0) is 9.59 Å². The SMILES string of the molecule is COc1ccc(C(=O)[C@H](C)N(C(=O)c2ccccc2Cl)N2C(=O)[C@H]3C[C@H](C)CC[C@H]3C2=O)cc1. The van der Waals surface area contributed by atoms with E-state index in [-0.39, 0.29) is 10.6 Å². The van der Waals surface area contributed by atoms with Gasteiger partial charge in [-0.15, -0.1) is 0 Å². The number of rotatable bonds is 6.